The second-order valence-electron chi connectivity index (χ2n) is 3.83. The number of carbonyl (C=O) groups is 1. The average Bonchev–Trinajstić information content (AvgIpc) is 2.22. The average molecular weight is 287 g/mol. The topological polar surface area (TPSA) is 69.7 Å². The molecule has 0 spiro atoms. The van der Waals surface area contributed by atoms with E-state index in [4.69, 9.17) is 20.5 Å². The number of hydrogen-bond acceptors (Lipinski definition) is 5. The number of esters is 1. The van der Waals surface area contributed by atoms with Crippen LogP contribution in [0.2, 0.25) is 0 Å². The summed E-state index contributed by atoms with van der Waals surface area (Å²) < 4.78 is 31.7. The molecular formula is C10H19ClO5S. The predicted molar refractivity (Wildman–Crippen MR) is 65.5 cm³/mol. The molecule has 0 bridgehead atoms. The molecule has 0 radical (unpaired) electrons. The zero-order valence-electron chi connectivity index (χ0n) is 10.3. The normalized spacial score (nSPS) is 15.3. The molecule has 17 heavy (non-hydrogen) atoms. The van der Waals surface area contributed by atoms with Gasteiger partial charge in [-0.1, -0.05) is 19.8 Å². The summed E-state index contributed by atoms with van der Waals surface area (Å²) in [6, 6.07) is 0. The van der Waals surface area contributed by atoms with Crippen LogP contribution < -0.4 is 0 Å². The Morgan fingerprint density at radius 1 is 1.41 bits per heavy atom. The first-order valence-electron chi connectivity index (χ1n) is 5.44. The molecule has 0 amide bonds. The van der Waals surface area contributed by atoms with Crippen LogP contribution in [0.4, 0.5) is 0 Å². The van der Waals surface area contributed by atoms with Crippen molar-refractivity contribution in [3.63, 3.8) is 0 Å². The van der Waals surface area contributed by atoms with Crippen LogP contribution in [0.3, 0.4) is 0 Å². The fraction of sp³-hybridized carbons (Fsp3) is 0.900. The summed E-state index contributed by atoms with van der Waals surface area (Å²) in [7, 11) is -3.68. The van der Waals surface area contributed by atoms with Crippen LogP contribution in [-0.4, -0.2) is 38.7 Å². The van der Waals surface area contributed by atoms with Gasteiger partial charge in [-0.2, -0.15) is 8.42 Å². The maximum Gasteiger partial charge on any atom is 0.337 e. The van der Waals surface area contributed by atoms with Gasteiger partial charge in [0.15, 0.2) is 6.10 Å². The number of halogens is 1. The van der Waals surface area contributed by atoms with E-state index in [-0.39, 0.29) is 5.88 Å². The van der Waals surface area contributed by atoms with Crippen molar-refractivity contribution in [2.45, 2.75) is 45.3 Å². The van der Waals surface area contributed by atoms with Crippen molar-refractivity contribution in [2.75, 3.05) is 12.1 Å². The van der Waals surface area contributed by atoms with Crippen LogP contribution in [0.5, 0.6) is 0 Å². The smallest absolute Gasteiger partial charge is 0.337 e. The third-order valence-corrected chi connectivity index (χ3v) is 2.92. The Balaban J connectivity index is 4.50. The molecule has 0 aromatic rings. The van der Waals surface area contributed by atoms with Crippen molar-refractivity contribution in [3.05, 3.63) is 0 Å². The van der Waals surface area contributed by atoms with Crippen LogP contribution in [0.1, 0.15) is 33.1 Å². The zero-order chi connectivity index (χ0) is 13.5. The van der Waals surface area contributed by atoms with Crippen LogP contribution in [0.25, 0.3) is 0 Å². The van der Waals surface area contributed by atoms with E-state index in [1.165, 1.54) is 0 Å². The molecule has 0 aliphatic rings. The number of rotatable bonds is 8. The third kappa shape index (κ3) is 8.40. The molecule has 0 aromatic carbocycles. The molecule has 0 heterocycles. The van der Waals surface area contributed by atoms with Crippen LogP contribution in [-0.2, 0) is 23.8 Å². The molecule has 0 saturated carbocycles. The van der Waals surface area contributed by atoms with Gasteiger partial charge < -0.3 is 4.74 Å². The van der Waals surface area contributed by atoms with E-state index in [0.717, 1.165) is 12.7 Å². The van der Waals surface area contributed by atoms with Crippen molar-refractivity contribution in [1.29, 1.82) is 0 Å². The maximum absolute atomic E-state index is 11.6. The highest BCUT2D eigenvalue weighted by Gasteiger charge is 2.26. The van der Waals surface area contributed by atoms with Gasteiger partial charge in [-0.15, -0.1) is 11.6 Å². The van der Waals surface area contributed by atoms with E-state index in [0.29, 0.717) is 12.8 Å². The molecule has 0 aromatic heterocycles. The lowest BCUT2D eigenvalue weighted by Gasteiger charge is -2.17. The molecule has 7 heteroatoms. The SMILES string of the molecule is CCCCC(OS(C)(=O)=O)C(=O)OC(C)CCl. The Labute approximate surface area is 108 Å². The minimum absolute atomic E-state index is 0.158. The Hall–Kier alpha value is -0.330. The Kier molecular flexibility index (Phi) is 7.74. The number of unbranched alkanes of at least 4 members (excludes halogenated alkanes) is 1. The van der Waals surface area contributed by atoms with Gasteiger partial charge in [0.1, 0.15) is 6.10 Å². The fourth-order valence-corrected chi connectivity index (χ4v) is 1.77. The Morgan fingerprint density at radius 2 is 2.00 bits per heavy atom. The van der Waals surface area contributed by atoms with Crippen molar-refractivity contribution < 1.29 is 22.1 Å². The van der Waals surface area contributed by atoms with Gasteiger partial charge >= 0.3 is 5.97 Å². The summed E-state index contributed by atoms with van der Waals surface area (Å²) >= 11 is 5.50. The molecule has 0 N–H and O–H groups in total. The van der Waals surface area contributed by atoms with Gasteiger partial charge in [0.05, 0.1) is 12.1 Å². The molecular weight excluding hydrogens is 268 g/mol. The van der Waals surface area contributed by atoms with Crippen molar-refractivity contribution >= 4 is 27.7 Å². The highest BCUT2D eigenvalue weighted by Crippen LogP contribution is 2.11. The van der Waals surface area contributed by atoms with E-state index in [1.54, 1.807) is 6.92 Å². The maximum atomic E-state index is 11.6. The number of alkyl halides is 1. The van der Waals surface area contributed by atoms with Crippen molar-refractivity contribution in [2.24, 2.45) is 0 Å². The molecule has 2 unspecified atom stereocenters. The molecule has 0 fully saturated rings. The predicted octanol–water partition coefficient (Wildman–Crippen LogP) is 1.69. The highest BCUT2D eigenvalue weighted by atomic mass is 35.5. The van der Waals surface area contributed by atoms with Gasteiger partial charge in [0.25, 0.3) is 10.1 Å². The van der Waals surface area contributed by atoms with Crippen LogP contribution in [0.15, 0.2) is 0 Å². The second-order valence-corrected chi connectivity index (χ2v) is 5.74. The first-order valence-corrected chi connectivity index (χ1v) is 7.80. The number of hydrogen-bond donors (Lipinski definition) is 0. The minimum Gasteiger partial charge on any atom is -0.459 e. The molecule has 0 aliphatic carbocycles. The van der Waals surface area contributed by atoms with Crippen LogP contribution in [0, 0.1) is 0 Å². The Morgan fingerprint density at radius 3 is 2.41 bits per heavy atom. The summed E-state index contributed by atoms with van der Waals surface area (Å²) in [6.07, 6.45) is 1.21. The molecule has 0 saturated heterocycles. The zero-order valence-corrected chi connectivity index (χ0v) is 11.9. The quantitative estimate of drug-likeness (QED) is 0.386. The van der Waals surface area contributed by atoms with E-state index >= 15 is 0 Å². The van der Waals surface area contributed by atoms with Crippen molar-refractivity contribution in [3.8, 4) is 0 Å². The monoisotopic (exact) mass is 286 g/mol. The number of carbonyl (C=O) groups excluding carboxylic acids is 1. The van der Waals surface area contributed by atoms with Gasteiger partial charge in [0.2, 0.25) is 0 Å². The summed E-state index contributed by atoms with van der Waals surface area (Å²) in [5.41, 5.74) is 0. The molecule has 0 rings (SSSR count). The summed E-state index contributed by atoms with van der Waals surface area (Å²) in [5.74, 6) is -0.525. The lowest BCUT2D eigenvalue weighted by atomic mass is 10.2. The summed E-state index contributed by atoms with van der Waals surface area (Å²) in [5, 5.41) is 0. The van der Waals surface area contributed by atoms with Gasteiger partial charge in [-0.25, -0.2) is 4.79 Å². The standard InChI is InChI=1S/C10H19ClO5S/c1-4-5-6-9(16-17(3,13)14)10(12)15-8(2)7-11/h8-9H,4-7H2,1-3H3. The lowest BCUT2D eigenvalue weighted by molar-refractivity contribution is -0.155. The van der Waals surface area contributed by atoms with E-state index < -0.39 is 28.3 Å². The van der Waals surface area contributed by atoms with Gasteiger partial charge in [-0.05, 0) is 13.3 Å². The number of ether oxygens (including phenoxy) is 1. The first-order chi connectivity index (χ1) is 7.80. The highest BCUT2D eigenvalue weighted by molar-refractivity contribution is 7.86. The van der Waals surface area contributed by atoms with Crippen molar-refractivity contribution in [1.82, 2.24) is 0 Å². The van der Waals surface area contributed by atoms with Crippen LogP contribution >= 0.6 is 11.6 Å². The largest absolute Gasteiger partial charge is 0.459 e. The fourth-order valence-electron chi connectivity index (χ4n) is 1.11. The lowest BCUT2D eigenvalue weighted by Crippen LogP contribution is -2.31. The van der Waals surface area contributed by atoms with Gasteiger partial charge in [-0.3, -0.25) is 4.18 Å². The second kappa shape index (κ2) is 7.89. The van der Waals surface area contributed by atoms with Gasteiger partial charge in [0, 0.05) is 0 Å². The third-order valence-electron chi connectivity index (χ3n) is 1.91. The first kappa shape index (κ1) is 16.7. The van der Waals surface area contributed by atoms with E-state index in [2.05, 4.69) is 0 Å². The summed E-state index contributed by atoms with van der Waals surface area (Å²) in [6.45, 7) is 3.56. The Bertz CT molecular complexity index is 328. The van der Waals surface area contributed by atoms with E-state index in [1.807, 2.05) is 6.92 Å². The molecule has 102 valence electrons. The molecule has 2 atom stereocenters. The summed E-state index contributed by atoms with van der Waals surface area (Å²) in [4.78, 5) is 11.6. The minimum atomic E-state index is -3.68. The van der Waals surface area contributed by atoms with E-state index in [9.17, 15) is 13.2 Å². The molecule has 0 aliphatic heterocycles. The molecule has 5 nitrogen and oxygen atoms in total.